The Hall–Kier alpha value is -1.82. The maximum Gasteiger partial charge on any atom is 0.227 e. The third kappa shape index (κ3) is 1.79. The largest absolute Gasteiger partial charge is 0.399 e. The van der Waals surface area contributed by atoms with Gasteiger partial charge in [-0.1, -0.05) is 5.16 Å². The van der Waals surface area contributed by atoms with Gasteiger partial charge in [-0.15, -0.1) is 0 Å². The molecule has 0 unspecified atom stereocenters. The van der Waals surface area contributed by atoms with E-state index in [0.29, 0.717) is 11.4 Å². The van der Waals surface area contributed by atoms with Crippen LogP contribution in [0.1, 0.15) is 5.76 Å². The van der Waals surface area contributed by atoms with Gasteiger partial charge in [-0.2, -0.15) is 0 Å². The van der Waals surface area contributed by atoms with E-state index >= 15 is 0 Å². The molecule has 0 atom stereocenters. The maximum absolute atomic E-state index is 12.0. The molecule has 0 bridgehead atoms. The molecular weight excluding hydrogens is 228 g/mol. The van der Waals surface area contributed by atoms with Crippen LogP contribution in [0.15, 0.2) is 44.8 Å². The van der Waals surface area contributed by atoms with Gasteiger partial charge in [0.15, 0.2) is 0 Å². The Balaban J connectivity index is 2.51. The molecule has 0 saturated carbocycles. The van der Waals surface area contributed by atoms with Gasteiger partial charge in [0.05, 0.1) is 4.90 Å². The molecule has 1 aromatic heterocycles. The van der Waals surface area contributed by atoms with Gasteiger partial charge < -0.3 is 10.3 Å². The lowest BCUT2D eigenvalue weighted by Gasteiger charge is -2.00. The van der Waals surface area contributed by atoms with Gasteiger partial charge >= 0.3 is 0 Å². The highest BCUT2D eigenvalue weighted by atomic mass is 32.2. The van der Waals surface area contributed by atoms with E-state index in [1.807, 2.05) is 0 Å². The molecule has 1 heterocycles. The zero-order valence-corrected chi connectivity index (χ0v) is 9.36. The van der Waals surface area contributed by atoms with Gasteiger partial charge in [0.1, 0.15) is 5.76 Å². The highest BCUT2D eigenvalue weighted by Crippen LogP contribution is 2.20. The van der Waals surface area contributed by atoms with Crippen LogP contribution in [0.25, 0.3) is 0 Å². The molecule has 0 aliphatic carbocycles. The van der Waals surface area contributed by atoms with Gasteiger partial charge in [-0.3, -0.25) is 0 Å². The van der Waals surface area contributed by atoms with E-state index in [1.54, 1.807) is 6.92 Å². The number of anilines is 1. The van der Waals surface area contributed by atoms with Crippen LogP contribution in [0.4, 0.5) is 5.69 Å². The molecule has 1 aromatic carbocycles. The fraction of sp³-hybridized carbons (Fsp3) is 0.100. The van der Waals surface area contributed by atoms with E-state index < -0.39 is 9.84 Å². The van der Waals surface area contributed by atoms with Crippen molar-refractivity contribution in [2.75, 3.05) is 5.73 Å². The molecule has 5 nitrogen and oxygen atoms in total. The number of nitrogens with zero attached hydrogens (tertiary/aromatic N) is 1. The van der Waals surface area contributed by atoms with Crippen molar-refractivity contribution >= 4 is 15.5 Å². The second-order valence-corrected chi connectivity index (χ2v) is 5.24. The molecule has 2 N–H and O–H groups in total. The number of hydrogen-bond donors (Lipinski definition) is 1. The number of rotatable bonds is 2. The quantitative estimate of drug-likeness (QED) is 0.799. The van der Waals surface area contributed by atoms with Gasteiger partial charge in [-0.05, 0) is 31.2 Å². The van der Waals surface area contributed by atoms with Crippen molar-refractivity contribution in [2.45, 2.75) is 16.8 Å². The smallest absolute Gasteiger partial charge is 0.227 e. The average molecular weight is 238 g/mol. The molecule has 16 heavy (non-hydrogen) atoms. The number of aryl methyl sites for hydroxylation is 1. The number of hydrogen-bond acceptors (Lipinski definition) is 5. The van der Waals surface area contributed by atoms with Crippen LogP contribution < -0.4 is 5.73 Å². The summed E-state index contributed by atoms with van der Waals surface area (Å²) >= 11 is 0. The highest BCUT2D eigenvalue weighted by Gasteiger charge is 2.21. The number of sulfone groups is 1. The van der Waals surface area contributed by atoms with Crippen molar-refractivity contribution in [3.05, 3.63) is 36.1 Å². The number of benzene rings is 1. The summed E-state index contributed by atoms with van der Waals surface area (Å²) in [5.74, 6) is 0.453. The van der Waals surface area contributed by atoms with E-state index in [4.69, 9.17) is 10.3 Å². The Labute approximate surface area is 92.8 Å². The van der Waals surface area contributed by atoms with Crippen LogP contribution in [0, 0.1) is 6.92 Å². The molecule has 0 aliphatic heterocycles. The number of nitrogens with two attached hydrogens (primary N) is 1. The van der Waals surface area contributed by atoms with Crippen molar-refractivity contribution < 1.29 is 12.9 Å². The third-order valence-corrected chi connectivity index (χ3v) is 3.71. The number of aromatic nitrogens is 1. The van der Waals surface area contributed by atoms with Crippen LogP contribution in [0.2, 0.25) is 0 Å². The first-order valence-electron chi connectivity index (χ1n) is 4.54. The van der Waals surface area contributed by atoms with Crippen LogP contribution in [0.3, 0.4) is 0 Å². The van der Waals surface area contributed by atoms with Crippen molar-refractivity contribution in [3.8, 4) is 0 Å². The Morgan fingerprint density at radius 2 is 1.88 bits per heavy atom. The lowest BCUT2D eigenvalue weighted by atomic mass is 10.3. The molecule has 0 radical (unpaired) electrons. The van der Waals surface area contributed by atoms with E-state index in [0.717, 1.165) is 0 Å². The lowest BCUT2D eigenvalue weighted by molar-refractivity contribution is 0.381. The van der Waals surface area contributed by atoms with E-state index in [2.05, 4.69) is 5.16 Å². The molecule has 0 amide bonds. The lowest BCUT2D eigenvalue weighted by Crippen LogP contribution is -2.02. The molecule has 2 aromatic rings. The standard InChI is InChI=1S/C10H10N2O3S/c1-7-6-10(12-15-7)16(13,14)9-4-2-8(11)3-5-9/h2-6H,11H2,1H3. The number of nitrogen functional groups attached to an aromatic ring is 1. The van der Waals surface area contributed by atoms with E-state index in [9.17, 15) is 8.42 Å². The second-order valence-electron chi connectivity index (χ2n) is 3.35. The summed E-state index contributed by atoms with van der Waals surface area (Å²) in [7, 11) is -3.60. The molecule has 6 heteroatoms. The third-order valence-electron chi connectivity index (χ3n) is 2.07. The van der Waals surface area contributed by atoms with Crippen molar-refractivity contribution in [1.82, 2.24) is 5.16 Å². The molecule has 0 fully saturated rings. The van der Waals surface area contributed by atoms with E-state index in [1.165, 1.54) is 30.3 Å². The van der Waals surface area contributed by atoms with Gasteiger partial charge in [0.25, 0.3) is 0 Å². The summed E-state index contributed by atoms with van der Waals surface area (Å²) in [6.45, 7) is 1.63. The summed E-state index contributed by atoms with van der Waals surface area (Å²) in [5, 5.41) is 3.40. The molecule has 84 valence electrons. The minimum Gasteiger partial charge on any atom is -0.399 e. The SMILES string of the molecule is Cc1cc(S(=O)(=O)c2ccc(N)cc2)no1. The van der Waals surface area contributed by atoms with Gasteiger partial charge in [-0.25, -0.2) is 8.42 Å². The fourth-order valence-corrected chi connectivity index (χ4v) is 2.43. The van der Waals surface area contributed by atoms with Crippen molar-refractivity contribution in [1.29, 1.82) is 0 Å². The minimum absolute atomic E-state index is 0.0882. The normalized spacial score (nSPS) is 11.6. The van der Waals surface area contributed by atoms with Crippen LogP contribution >= 0.6 is 0 Å². The summed E-state index contributed by atoms with van der Waals surface area (Å²) in [4.78, 5) is 0.148. The van der Waals surface area contributed by atoms with E-state index in [-0.39, 0.29) is 9.92 Å². The Morgan fingerprint density at radius 1 is 1.25 bits per heavy atom. The topological polar surface area (TPSA) is 86.2 Å². The van der Waals surface area contributed by atoms with Gasteiger partial charge in [0, 0.05) is 11.8 Å². The zero-order valence-electron chi connectivity index (χ0n) is 8.54. The molecule has 0 saturated heterocycles. The highest BCUT2D eigenvalue weighted by molar-refractivity contribution is 7.91. The summed E-state index contributed by atoms with van der Waals surface area (Å²) in [6, 6.07) is 7.31. The average Bonchev–Trinajstić information content (AvgIpc) is 2.66. The second kappa shape index (κ2) is 3.64. The summed E-state index contributed by atoms with van der Waals surface area (Å²) in [5.41, 5.74) is 5.99. The zero-order chi connectivity index (χ0) is 11.8. The minimum atomic E-state index is -3.60. The Kier molecular flexibility index (Phi) is 2.43. The van der Waals surface area contributed by atoms with Crippen LogP contribution in [-0.2, 0) is 9.84 Å². The first-order valence-corrected chi connectivity index (χ1v) is 6.02. The monoisotopic (exact) mass is 238 g/mol. The molecular formula is C10H10N2O3S. The summed E-state index contributed by atoms with van der Waals surface area (Å²) < 4.78 is 28.7. The predicted molar refractivity (Wildman–Crippen MR) is 57.5 cm³/mol. The fourth-order valence-electron chi connectivity index (χ4n) is 1.24. The predicted octanol–water partition coefficient (Wildman–Crippen LogP) is 1.40. The molecule has 2 rings (SSSR count). The summed E-state index contributed by atoms with van der Waals surface area (Å²) in [6.07, 6.45) is 0. The maximum atomic E-state index is 12.0. The molecule has 0 spiro atoms. The van der Waals surface area contributed by atoms with Crippen LogP contribution in [0.5, 0.6) is 0 Å². The Bertz CT molecular complexity index is 599. The Morgan fingerprint density at radius 3 is 2.38 bits per heavy atom. The van der Waals surface area contributed by atoms with Crippen LogP contribution in [-0.4, -0.2) is 13.6 Å². The molecule has 0 aliphatic rings. The van der Waals surface area contributed by atoms with Gasteiger partial charge in [0.2, 0.25) is 14.9 Å². The first-order chi connectivity index (χ1) is 7.50. The van der Waals surface area contributed by atoms with Crippen molar-refractivity contribution in [2.24, 2.45) is 0 Å². The van der Waals surface area contributed by atoms with Crippen molar-refractivity contribution in [3.63, 3.8) is 0 Å². The first kappa shape index (κ1) is 10.7.